The fourth-order valence-electron chi connectivity index (χ4n) is 18.3. The molecule has 13 heterocycles. The molecule has 722 valence electrons. The first-order chi connectivity index (χ1) is 67.3. The lowest BCUT2D eigenvalue weighted by molar-refractivity contribution is -0.206. The van der Waals surface area contributed by atoms with Crippen LogP contribution in [0.25, 0.3) is 55.6 Å². The summed E-state index contributed by atoms with van der Waals surface area (Å²) in [4.78, 5) is 75.3. The fraction of sp³-hybridized carbons (Fsp3) is 0.469. The number of aliphatic hydroxyl groups is 2. The predicted molar refractivity (Wildman–Crippen MR) is 511 cm³/mol. The summed E-state index contributed by atoms with van der Waals surface area (Å²) < 4.78 is 91.1. The van der Waals surface area contributed by atoms with Gasteiger partial charge in [0, 0.05) is 228 Å². The topological polar surface area (TPSA) is 431 Å². The van der Waals surface area contributed by atoms with E-state index in [2.05, 4.69) is 168 Å². The monoisotopic (exact) mass is 1890 g/mol. The van der Waals surface area contributed by atoms with E-state index >= 15 is 0 Å². The molecular formula is C98H113F3N26O11. The molecular weight excluding hydrogens is 1770 g/mol. The van der Waals surface area contributed by atoms with Crippen molar-refractivity contribution in [2.24, 2.45) is 0 Å². The first-order valence-electron chi connectivity index (χ1n) is 47.4. The van der Waals surface area contributed by atoms with Gasteiger partial charge in [0.1, 0.15) is 57.0 Å². The van der Waals surface area contributed by atoms with Gasteiger partial charge in [-0.05, 0) is 159 Å². The number of pyridine rings is 1. The Morgan fingerprint density at radius 2 is 0.710 bits per heavy atom. The Morgan fingerprint density at radius 1 is 0.399 bits per heavy atom. The summed E-state index contributed by atoms with van der Waals surface area (Å²) in [6, 6.07) is 21.6. The van der Waals surface area contributed by atoms with E-state index in [4.69, 9.17) is 47.6 Å². The quantitative estimate of drug-likeness (QED) is 0.0346. The molecule has 37 nitrogen and oxygen atoms in total. The average molecular weight is 1890 g/mol. The van der Waals surface area contributed by atoms with Crippen LogP contribution in [0, 0.1) is 18.3 Å². The zero-order valence-corrected chi connectivity index (χ0v) is 77.3. The van der Waals surface area contributed by atoms with Gasteiger partial charge >= 0.3 is 6.18 Å². The molecule has 1 atom stereocenters. The molecule has 13 aromatic rings. The molecule has 138 heavy (non-hydrogen) atoms. The number of aryl methyl sites for hydroxylation is 1. The van der Waals surface area contributed by atoms with Crippen LogP contribution in [0.4, 0.5) is 59.6 Å². The number of nitrogens with zero attached hydrogens (tertiary/aromatic N) is 22. The van der Waals surface area contributed by atoms with E-state index in [1.54, 1.807) is 94.4 Å². The number of rotatable bonds is 23. The third-order valence-corrected chi connectivity index (χ3v) is 25.9. The van der Waals surface area contributed by atoms with Gasteiger partial charge in [-0.2, -0.15) is 18.4 Å². The van der Waals surface area contributed by atoms with Gasteiger partial charge in [0.2, 0.25) is 24.2 Å². The summed E-state index contributed by atoms with van der Waals surface area (Å²) in [5, 5.41) is 49.6. The molecule has 4 saturated heterocycles. The Hall–Kier alpha value is -13.6. The lowest BCUT2D eigenvalue weighted by Crippen LogP contribution is -2.36. The van der Waals surface area contributed by atoms with Crippen molar-refractivity contribution in [3.8, 4) is 40.5 Å². The zero-order chi connectivity index (χ0) is 94.7. The number of fused-ring (bicyclic) bond motifs is 4. The number of aromatic nitrogens is 17. The zero-order valence-electron chi connectivity index (χ0n) is 77.3. The van der Waals surface area contributed by atoms with E-state index in [-0.39, 0.29) is 42.0 Å². The van der Waals surface area contributed by atoms with Crippen LogP contribution in [0.2, 0.25) is 0 Å². The van der Waals surface area contributed by atoms with Crippen LogP contribution in [-0.2, 0) is 24.5 Å². The number of hydrogen-bond acceptors (Lipinski definition) is 37. The molecule has 0 amide bonds. The summed E-state index contributed by atoms with van der Waals surface area (Å²) in [7, 11) is 0. The van der Waals surface area contributed by atoms with Crippen molar-refractivity contribution in [1.82, 2.24) is 85.0 Å². The summed E-state index contributed by atoms with van der Waals surface area (Å²) in [5.74, 6) is 5.80. The summed E-state index contributed by atoms with van der Waals surface area (Å²) in [6.45, 7) is 18.0. The van der Waals surface area contributed by atoms with E-state index in [0.29, 0.717) is 71.6 Å². The molecule has 0 spiro atoms. The summed E-state index contributed by atoms with van der Waals surface area (Å²) >= 11 is 0. The number of ether oxygens (including phenoxy) is 8. The lowest BCUT2D eigenvalue weighted by Gasteiger charge is -2.31. The molecule has 0 unspecified atom stereocenters. The SMILES string of the molecule is CC(C)(O)c1cnc(NC2CCC(Oc3cc(N4CCOCC4)cc4nccnc34)CC2)nc1.Cc1cc(C#N)cnc1NC1CCC(Oc2cc(N3CCOCC3)cc3nccnc23)CC1.O[C@H](c1cnc(NC2CCC(Oc3cc(N4CCOCC4)cc4nccnc34)CC2)nc1)C(F)(F)F.c1cnc2c(OC3CCC(Nc4ncc(-c5nnco5)cn4)CC3)cc(N3CCOCC3)cc2n1. The van der Waals surface area contributed by atoms with Gasteiger partial charge in [-0.15, -0.1) is 10.2 Å². The molecule has 6 N–H and O–H groups in total. The Balaban J connectivity index is 0.000000122. The summed E-state index contributed by atoms with van der Waals surface area (Å²) in [6.07, 6.45) is 33.0. The second-order valence-electron chi connectivity index (χ2n) is 36.0. The third-order valence-electron chi connectivity index (χ3n) is 25.9. The number of nitriles is 1. The van der Waals surface area contributed by atoms with Crippen LogP contribution in [-0.4, -0.2) is 255 Å². The van der Waals surface area contributed by atoms with Crippen LogP contribution in [0.5, 0.6) is 23.0 Å². The first-order valence-corrected chi connectivity index (χ1v) is 47.4. The van der Waals surface area contributed by atoms with Crippen molar-refractivity contribution in [2.45, 2.75) is 190 Å². The third kappa shape index (κ3) is 24.7. The Kier molecular flexibility index (Phi) is 30.7. The highest BCUT2D eigenvalue weighted by atomic mass is 19.4. The molecule has 8 aliphatic rings. The van der Waals surface area contributed by atoms with Gasteiger partial charge in [0.15, 0.2) is 6.10 Å². The van der Waals surface area contributed by atoms with Gasteiger partial charge in [-0.3, -0.25) is 19.9 Å². The molecule has 4 aromatic carbocycles. The maximum atomic E-state index is 12.7. The number of aliphatic hydroxyl groups excluding tert-OH is 1. The molecule has 40 heteroatoms. The number of morpholine rings is 4. The number of alkyl halides is 3. The minimum Gasteiger partial charge on any atom is -0.488 e. The molecule has 0 bridgehead atoms. The van der Waals surface area contributed by atoms with Gasteiger partial charge < -0.3 is 93.4 Å². The maximum absolute atomic E-state index is 12.7. The molecule has 4 aliphatic carbocycles. The standard InChI is InChI=1S/C25H32N6O3.C25H28N6O2.C24H27F3N6O3.C24H26N8O3/c1-25(2,32)17-15-28-24(29-16-17)30-18-3-5-20(6-4-18)34-22-14-19(31-9-11-33-12-10-31)13-21-23(22)27-8-7-26-21;1-17-12-18(15-26)16-29-25(17)30-19-2-4-21(5-3-19)33-23-14-20(31-8-10-32-11-9-31)13-22-24(23)28-7-6-27-22;25-24(26,27)22(34)15-13-30-23(31-14-15)32-16-1-3-18(4-2-16)36-20-12-17(33-7-9-35-10-8-33)11-19-21(20)29-6-5-28-19;1-3-19(4-2-17(1)30-24-27-13-16(14-28-24)23-31-29-15-34-23)35-21-12-18(32-7-9-33-10-8-32)11-20-22(21)26-6-5-25-20/h7-8,13-16,18,20,32H,3-6,9-12H2,1-2H3,(H,28,29,30);6-7,12-14,16,19,21H,2-5,8-11H2,1H3,(H,29,30);5-6,11-14,16,18,22,34H,1-4,7-10H2,(H,30,31,32);5-6,11-15,17,19H,1-4,7-10H2,(H,27,28,30)/t;;16?,18?,22-;/m..1./s1. The van der Waals surface area contributed by atoms with Crippen molar-refractivity contribution in [3.05, 3.63) is 176 Å². The number of anilines is 8. The maximum Gasteiger partial charge on any atom is 0.418 e. The van der Waals surface area contributed by atoms with Crippen LogP contribution < -0.4 is 59.8 Å². The molecule has 0 radical (unpaired) electrons. The molecule has 4 saturated carbocycles. The van der Waals surface area contributed by atoms with Crippen molar-refractivity contribution in [3.63, 3.8) is 0 Å². The van der Waals surface area contributed by atoms with E-state index in [9.17, 15) is 23.4 Å². The van der Waals surface area contributed by atoms with Gasteiger partial charge in [0.25, 0.3) is 5.89 Å². The molecule has 8 fully saturated rings. The Bertz CT molecular complexity index is 6190. The van der Waals surface area contributed by atoms with Crippen LogP contribution in [0.1, 0.15) is 145 Å². The van der Waals surface area contributed by atoms with Gasteiger partial charge in [-0.1, -0.05) is 0 Å². The minimum absolute atomic E-state index is 0.00146. The van der Waals surface area contributed by atoms with E-state index < -0.39 is 17.9 Å². The molecule has 21 rings (SSSR count). The largest absolute Gasteiger partial charge is 0.488 e. The normalized spacial score (nSPS) is 21.2. The number of hydrogen-bond donors (Lipinski definition) is 6. The van der Waals surface area contributed by atoms with Gasteiger partial charge in [-0.25, -0.2) is 54.8 Å². The van der Waals surface area contributed by atoms with Crippen molar-refractivity contribution >= 4 is 90.5 Å². The predicted octanol–water partition coefficient (Wildman–Crippen LogP) is 13.9. The Labute approximate surface area is 795 Å². The highest BCUT2D eigenvalue weighted by Crippen LogP contribution is 2.41. The summed E-state index contributed by atoms with van der Waals surface area (Å²) in [5.41, 5.74) is 12.5. The van der Waals surface area contributed by atoms with Crippen molar-refractivity contribution in [1.29, 1.82) is 5.26 Å². The Morgan fingerprint density at radius 3 is 1.01 bits per heavy atom. The van der Waals surface area contributed by atoms with Crippen LogP contribution >= 0.6 is 0 Å². The van der Waals surface area contributed by atoms with Crippen LogP contribution in [0.3, 0.4) is 0 Å². The first kappa shape index (κ1) is 94.8. The second kappa shape index (κ2) is 44.7. The highest BCUT2D eigenvalue weighted by molar-refractivity contribution is 5.88. The van der Waals surface area contributed by atoms with Crippen molar-refractivity contribution in [2.75, 3.05) is 146 Å². The smallest absolute Gasteiger partial charge is 0.418 e. The van der Waals surface area contributed by atoms with E-state index in [1.165, 1.54) is 6.39 Å². The van der Waals surface area contributed by atoms with E-state index in [1.807, 2.05) is 25.1 Å². The molecule has 9 aromatic heterocycles. The van der Waals surface area contributed by atoms with Gasteiger partial charge in [0.05, 0.1) is 116 Å². The van der Waals surface area contributed by atoms with Crippen molar-refractivity contribution < 1.29 is 65.7 Å². The van der Waals surface area contributed by atoms with Crippen LogP contribution in [0.15, 0.2) is 158 Å². The number of nitrogens with one attached hydrogen (secondary N) is 4. The lowest BCUT2D eigenvalue weighted by atomic mass is 9.92. The molecule has 4 aliphatic heterocycles. The highest BCUT2D eigenvalue weighted by Gasteiger charge is 2.40. The average Bonchev–Trinajstić information content (AvgIpc) is 0.887. The second-order valence-corrected chi connectivity index (χ2v) is 36.0. The number of benzene rings is 4. The van der Waals surface area contributed by atoms with E-state index in [0.717, 1.165) is 303 Å². The fourth-order valence-corrected chi connectivity index (χ4v) is 18.3. The minimum atomic E-state index is -4.75. The number of halogens is 3.